The minimum absolute atomic E-state index is 0.109. The van der Waals surface area contributed by atoms with Gasteiger partial charge in [0.1, 0.15) is 10.7 Å². The molecule has 0 unspecified atom stereocenters. The number of rotatable bonds is 6. The first-order valence-corrected chi connectivity index (χ1v) is 11.9. The first-order valence-electron chi connectivity index (χ1n) is 10.7. The summed E-state index contributed by atoms with van der Waals surface area (Å²) in [6, 6.07) is 7.54. The summed E-state index contributed by atoms with van der Waals surface area (Å²) in [6.45, 7) is 5.53. The number of aromatic nitrogens is 4. The molecule has 8 nitrogen and oxygen atoms in total. The summed E-state index contributed by atoms with van der Waals surface area (Å²) < 4.78 is 1.69. The number of amides is 2. The standard InChI is InChI=1S/C22H23ClN6O2S/c1-12(2)20-25-26-22(32-20)24-19(30)17-16(13-7-8-13)18-21(31)28(9-10-29(18)27-17)11-14-5-3-4-6-15(14)23/h3-6,12-13H,7-11H2,1-2H3,(H,24,26,30). The summed E-state index contributed by atoms with van der Waals surface area (Å²) in [6.07, 6.45) is 1.90. The van der Waals surface area contributed by atoms with Crippen LogP contribution in [0, 0.1) is 0 Å². The summed E-state index contributed by atoms with van der Waals surface area (Å²) in [5.74, 6) is -0.0282. The Morgan fingerprint density at radius 3 is 2.72 bits per heavy atom. The summed E-state index contributed by atoms with van der Waals surface area (Å²) in [4.78, 5) is 28.3. The monoisotopic (exact) mass is 470 g/mol. The van der Waals surface area contributed by atoms with Crippen LogP contribution in [-0.4, -0.2) is 43.2 Å². The molecule has 2 aromatic heterocycles. The van der Waals surface area contributed by atoms with E-state index in [4.69, 9.17) is 11.6 Å². The zero-order valence-electron chi connectivity index (χ0n) is 17.8. The van der Waals surface area contributed by atoms with Crippen LogP contribution in [0.4, 0.5) is 5.13 Å². The van der Waals surface area contributed by atoms with E-state index in [0.29, 0.717) is 41.2 Å². The molecule has 5 rings (SSSR count). The van der Waals surface area contributed by atoms with E-state index >= 15 is 0 Å². The molecule has 2 amide bonds. The van der Waals surface area contributed by atoms with Gasteiger partial charge < -0.3 is 4.90 Å². The quantitative estimate of drug-likeness (QED) is 0.579. The van der Waals surface area contributed by atoms with Crippen molar-refractivity contribution in [1.82, 2.24) is 24.9 Å². The molecule has 32 heavy (non-hydrogen) atoms. The number of benzene rings is 1. The van der Waals surface area contributed by atoms with E-state index in [0.717, 1.165) is 29.0 Å². The lowest BCUT2D eigenvalue weighted by atomic mass is 10.0. The van der Waals surface area contributed by atoms with Crippen LogP contribution in [0.3, 0.4) is 0 Å². The van der Waals surface area contributed by atoms with Gasteiger partial charge in [-0.1, -0.05) is 55.0 Å². The van der Waals surface area contributed by atoms with Gasteiger partial charge in [-0.05, 0) is 30.4 Å². The van der Waals surface area contributed by atoms with Crippen molar-refractivity contribution in [3.63, 3.8) is 0 Å². The Bertz CT molecular complexity index is 1200. The van der Waals surface area contributed by atoms with Crippen molar-refractivity contribution in [2.24, 2.45) is 0 Å². The first kappa shape index (κ1) is 21.1. The molecule has 1 aromatic carbocycles. The minimum atomic E-state index is -0.342. The molecule has 2 aliphatic rings. The maximum atomic E-state index is 13.4. The molecule has 0 atom stereocenters. The van der Waals surface area contributed by atoms with Crippen molar-refractivity contribution in [3.05, 3.63) is 56.8 Å². The predicted molar refractivity (Wildman–Crippen MR) is 122 cm³/mol. The van der Waals surface area contributed by atoms with E-state index in [9.17, 15) is 9.59 Å². The van der Waals surface area contributed by atoms with Crippen LogP contribution in [0.5, 0.6) is 0 Å². The Labute approximate surface area is 194 Å². The molecule has 0 spiro atoms. The number of hydrogen-bond donors (Lipinski definition) is 1. The van der Waals surface area contributed by atoms with Crippen molar-refractivity contribution in [2.75, 3.05) is 11.9 Å². The topological polar surface area (TPSA) is 93.0 Å². The second kappa shape index (κ2) is 8.29. The van der Waals surface area contributed by atoms with Gasteiger partial charge in [0.2, 0.25) is 5.13 Å². The number of halogens is 1. The highest BCUT2D eigenvalue weighted by atomic mass is 35.5. The average molecular weight is 471 g/mol. The Balaban J connectivity index is 1.43. The van der Waals surface area contributed by atoms with Gasteiger partial charge in [0, 0.05) is 29.6 Å². The van der Waals surface area contributed by atoms with Crippen molar-refractivity contribution < 1.29 is 9.59 Å². The van der Waals surface area contributed by atoms with Gasteiger partial charge in [-0.3, -0.25) is 19.6 Å². The number of nitrogens with zero attached hydrogens (tertiary/aromatic N) is 5. The highest BCUT2D eigenvalue weighted by Crippen LogP contribution is 2.44. The van der Waals surface area contributed by atoms with Gasteiger partial charge in [0.15, 0.2) is 5.69 Å². The molecule has 3 aromatic rings. The highest BCUT2D eigenvalue weighted by Gasteiger charge is 2.40. The van der Waals surface area contributed by atoms with E-state index in [1.807, 2.05) is 38.1 Å². The third kappa shape index (κ3) is 3.91. The third-order valence-corrected chi connectivity index (χ3v) is 7.24. The van der Waals surface area contributed by atoms with Gasteiger partial charge >= 0.3 is 0 Å². The lowest BCUT2D eigenvalue weighted by Crippen LogP contribution is -2.40. The molecular weight excluding hydrogens is 448 g/mol. The smallest absolute Gasteiger partial charge is 0.278 e. The number of anilines is 1. The Kier molecular flexibility index (Phi) is 5.46. The fourth-order valence-electron chi connectivity index (χ4n) is 3.91. The summed E-state index contributed by atoms with van der Waals surface area (Å²) in [5, 5.41) is 17.5. The largest absolute Gasteiger partial charge is 0.331 e. The van der Waals surface area contributed by atoms with Crippen molar-refractivity contribution in [2.45, 2.75) is 51.6 Å². The zero-order chi connectivity index (χ0) is 22.4. The Hall–Kier alpha value is -2.78. The second-order valence-electron chi connectivity index (χ2n) is 8.48. The molecule has 1 N–H and O–H groups in total. The van der Waals surface area contributed by atoms with Crippen molar-refractivity contribution >= 4 is 39.9 Å². The van der Waals surface area contributed by atoms with Crippen LogP contribution in [0.15, 0.2) is 24.3 Å². The second-order valence-corrected chi connectivity index (χ2v) is 9.90. The van der Waals surface area contributed by atoms with E-state index in [-0.39, 0.29) is 23.7 Å². The summed E-state index contributed by atoms with van der Waals surface area (Å²) in [5.41, 5.74) is 2.50. The molecule has 1 aliphatic heterocycles. The number of nitrogens with one attached hydrogen (secondary N) is 1. The third-order valence-electron chi connectivity index (χ3n) is 5.74. The van der Waals surface area contributed by atoms with Gasteiger partial charge in [-0.2, -0.15) is 5.10 Å². The Morgan fingerprint density at radius 2 is 2.03 bits per heavy atom. The van der Waals surface area contributed by atoms with Crippen LogP contribution < -0.4 is 5.32 Å². The lowest BCUT2D eigenvalue weighted by molar-refractivity contribution is 0.0682. The predicted octanol–water partition coefficient (Wildman–Crippen LogP) is 4.30. The molecule has 1 fully saturated rings. The maximum absolute atomic E-state index is 13.4. The summed E-state index contributed by atoms with van der Waals surface area (Å²) >= 11 is 7.66. The van der Waals surface area contributed by atoms with Crippen molar-refractivity contribution in [3.8, 4) is 0 Å². The number of carbonyl (C=O) groups is 2. The molecular formula is C22H23ClN6O2S. The van der Waals surface area contributed by atoms with Gasteiger partial charge in [0.05, 0.1) is 6.54 Å². The maximum Gasteiger partial charge on any atom is 0.278 e. The van der Waals surface area contributed by atoms with Crippen molar-refractivity contribution in [1.29, 1.82) is 0 Å². The zero-order valence-corrected chi connectivity index (χ0v) is 19.4. The number of fused-ring (bicyclic) bond motifs is 1. The normalized spacial score (nSPS) is 15.9. The molecule has 10 heteroatoms. The van der Waals surface area contributed by atoms with E-state index in [1.165, 1.54) is 11.3 Å². The average Bonchev–Trinajstić information content (AvgIpc) is 3.35. The molecule has 0 bridgehead atoms. The highest BCUT2D eigenvalue weighted by molar-refractivity contribution is 7.15. The summed E-state index contributed by atoms with van der Waals surface area (Å²) in [7, 11) is 0. The van der Waals surface area contributed by atoms with Crippen LogP contribution in [0.1, 0.15) is 75.6 Å². The molecule has 0 radical (unpaired) electrons. The van der Waals surface area contributed by atoms with Gasteiger partial charge in [-0.25, -0.2) is 0 Å². The molecule has 0 saturated heterocycles. The van der Waals surface area contributed by atoms with E-state index in [2.05, 4.69) is 20.6 Å². The van der Waals surface area contributed by atoms with E-state index < -0.39 is 0 Å². The van der Waals surface area contributed by atoms with E-state index in [1.54, 1.807) is 9.58 Å². The first-order chi connectivity index (χ1) is 15.4. The Morgan fingerprint density at radius 1 is 1.25 bits per heavy atom. The molecule has 166 valence electrons. The SMILES string of the molecule is CC(C)c1nnc(NC(=O)c2nn3c(c2C2CC2)C(=O)N(Cc2ccccc2Cl)CC3)s1. The molecule has 3 heterocycles. The van der Waals surface area contributed by atoms with Crippen LogP contribution in [-0.2, 0) is 13.1 Å². The number of hydrogen-bond acceptors (Lipinski definition) is 6. The molecule has 1 aliphatic carbocycles. The molecule has 1 saturated carbocycles. The van der Waals surface area contributed by atoms with Crippen LogP contribution in [0.2, 0.25) is 5.02 Å². The van der Waals surface area contributed by atoms with Gasteiger partial charge in [-0.15, -0.1) is 10.2 Å². The van der Waals surface area contributed by atoms with Crippen LogP contribution in [0.25, 0.3) is 0 Å². The minimum Gasteiger partial charge on any atom is -0.331 e. The van der Waals surface area contributed by atoms with Gasteiger partial charge in [0.25, 0.3) is 11.8 Å². The fourth-order valence-corrected chi connectivity index (χ4v) is 4.85. The fraction of sp³-hybridized carbons (Fsp3) is 0.409. The van der Waals surface area contributed by atoms with Crippen LogP contribution >= 0.6 is 22.9 Å². The number of carbonyl (C=O) groups excluding carboxylic acids is 2. The lowest BCUT2D eigenvalue weighted by Gasteiger charge is -2.28.